The molecular weight excluding hydrogens is 331 g/mol. The van der Waals surface area contributed by atoms with Gasteiger partial charge >= 0.3 is 0 Å². The molecule has 1 saturated heterocycles. The van der Waals surface area contributed by atoms with E-state index in [4.69, 9.17) is 0 Å². The molecule has 0 N–H and O–H groups in total. The molecule has 1 atom stereocenters. The first-order valence-corrected chi connectivity index (χ1v) is 8.73. The van der Waals surface area contributed by atoms with Crippen molar-refractivity contribution in [3.63, 3.8) is 0 Å². The van der Waals surface area contributed by atoms with E-state index in [1.807, 2.05) is 27.7 Å². The van der Waals surface area contributed by atoms with Gasteiger partial charge in [0.2, 0.25) is 5.91 Å². The fourth-order valence-corrected chi connectivity index (χ4v) is 3.64. The SMILES string of the molecule is O=C(Cn1ccc(=O)c2ccccc21)N1CC[C@@H](c2ccc(F)cc2)C1. The largest absolute Gasteiger partial charge is 0.341 e. The topological polar surface area (TPSA) is 42.3 Å². The molecule has 0 spiro atoms. The van der Waals surface area contributed by atoms with Crippen LogP contribution in [0.25, 0.3) is 10.9 Å². The Morgan fingerprint density at radius 2 is 1.85 bits per heavy atom. The van der Waals surface area contributed by atoms with Crippen LogP contribution in [-0.4, -0.2) is 28.5 Å². The van der Waals surface area contributed by atoms with Crippen LogP contribution in [0.1, 0.15) is 17.9 Å². The van der Waals surface area contributed by atoms with Gasteiger partial charge in [0.15, 0.2) is 5.43 Å². The number of nitrogens with zero attached hydrogens (tertiary/aromatic N) is 2. The summed E-state index contributed by atoms with van der Waals surface area (Å²) in [6.07, 6.45) is 2.55. The number of para-hydroxylation sites is 1. The van der Waals surface area contributed by atoms with Crippen molar-refractivity contribution in [3.8, 4) is 0 Å². The average Bonchev–Trinajstić information content (AvgIpc) is 3.15. The number of carbonyl (C=O) groups is 1. The molecule has 0 saturated carbocycles. The number of rotatable bonds is 3. The molecular formula is C21H19FN2O2. The van der Waals surface area contributed by atoms with Gasteiger partial charge in [0.25, 0.3) is 0 Å². The Balaban J connectivity index is 1.50. The van der Waals surface area contributed by atoms with Crippen LogP contribution in [0.2, 0.25) is 0 Å². The highest BCUT2D eigenvalue weighted by atomic mass is 19.1. The van der Waals surface area contributed by atoms with Gasteiger partial charge in [0, 0.05) is 36.7 Å². The molecule has 0 radical (unpaired) electrons. The second-order valence-electron chi connectivity index (χ2n) is 6.70. The summed E-state index contributed by atoms with van der Waals surface area (Å²) >= 11 is 0. The Kier molecular flexibility index (Phi) is 4.29. The molecule has 3 aromatic rings. The van der Waals surface area contributed by atoms with Crippen molar-refractivity contribution in [2.24, 2.45) is 0 Å². The fourth-order valence-electron chi connectivity index (χ4n) is 3.64. The predicted octanol–water partition coefficient (Wildman–Crippen LogP) is 3.16. The lowest BCUT2D eigenvalue weighted by molar-refractivity contribution is -0.130. The molecule has 2 aromatic carbocycles. The van der Waals surface area contributed by atoms with E-state index in [2.05, 4.69) is 0 Å². The number of halogens is 1. The minimum absolute atomic E-state index is 0.0309. The molecule has 1 fully saturated rings. The molecule has 1 aromatic heterocycles. The van der Waals surface area contributed by atoms with Gasteiger partial charge in [-0.05, 0) is 36.2 Å². The van der Waals surface area contributed by atoms with Gasteiger partial charge in [-0.25, -0.2) is 4.39 Å². The van der Waals surface area contributed by atoms with Gasteiger partial charge in [0.05, 0.1) is 5.52 Å². The third kappa shape index (κ3) is 3.12. The van der Waals surface area contributed by atoms with E-state index in [9.17, 15) is 14.0 Å². The van der Waals surface area contributed by atoms with E-state index in [1.165, 1.54) is 18.2 Å². The molecule has 1 aliphatic rings. The number of hydrogen-bond donors (Lipinski definition) is 0. The highest BCUT2D eigenvalue weighted by Gasteiger charge is 2.27. The maximum absolute atomic E-state index is 13.1. The number of amides is 1. The van der Waals surface area contributed by atoms with E-state index < -0.39 is 0 Å². The van der Waals surface area contributed by atoms with Crippen LogP contribution in [0.5, 0.6) is 0 Å². The number of benzene rings is 2. The monoisotopic (exact) mass is 350 g/mol. The maximum atomic E-state index is 13.1. The van der Waals surface area contributed by atoms with Gasteiger partial charge in [0.1, 0.15) is 12.4 Å². The van der Waals surface area contributed by atoms with Crippen molar-refractivity contribution in [2.45, 2.75) is 18.9 Å². The van der Waals surface area contributed by atoms with Crippen molar-refractivity contribution in [1.29, 1.82) is 0 Å². The third-order valence-corrected chi connectivity index (χ3v) is 5.07. The molecule has 0 bridgehead atoms. The van der Waals surface area contributed by atoms with Crippen molar-refractivity contribution >= 4 is 16.8 Å². The first-order valence-electron chi connectivity index (χ1n) is 8.73. The summed E-state index contributed by atoms with van der Waals surface area (Å²) < 4.78 is 14.9. The molecule has 1 aliphatic heterocycles. The molecule has 5 heteroatoms. The van der Waals surface area contributed by atoms with E-state index >= 15 is 0 Å². The molecule has 0 unspecified atom stereocenters. The molecule has 4 rings (SSSR count). The first kappa shape index (κ1) is 16.5. The van der Waals surface area contributed by atoms with E-state index in [1.54, 1.807) is 24.4 Å². The Hall–Kier alpha value is -2.95. The van der Waals surface area contributed by atoms with Crippen LogP contribution < -0.4 is 5.43 Å². The second-order valence-corrected chi connectivity index (χ2v) is 6.70. The molecule has 0 aliphatic carbocycles. The van der Waals surface area contributed by atoms with Gasteiger partial charge < -0.3 is 9.47 Å². The van der Waals surface area contributed by atoms with Crippen LogP contribution in [-0.2, 0) is 11.3 Å². The average molecular weight is 350 g/mol. The minimum atomic E-state index is -0.246. The molecule has 26 heavy (non-hydrogen) atoms. The summed E-state index contributed by atoms with van der Waals surface area (Å²) in [5.41, 5.74) is 1.79. The van der Waals surface area contributed by atoms with Crippen molar-refractivity contribution in [2.75, 3.05) is 13.1 Å². The summed E-state index contributed by atoms with van der Waals surface area (Å²) in [5, 5.41) is 0.619. The van der Waals surface area contributed by atoms with Crippen LogP contribution >= 0.6 is 0 Å². The molecule has 132 valence electrons. The highest BCUT2D eigenvalue weighted by molar-refractivity contribution is 5.82. The fraction of sp³-hybridized carbons (Fsp3) is 0.238. The smallest absolute Gasteiger partial charge is 0.242 e. The van der Waals surface area contributed by atoms with Crippen LogP contribution in [0.4, 0.5) is 4.39 Å². The normalized spacial score (nSPS) is 17.0. The summed E-state index contributed by atoms with van der Waals surface area (Å²) in [6, 6.07) is 15.3. The standard InChI is InChI=1S/C21H19FN2O2/c22-17-7-5-15(6-8-17)16-9-11-24(13-16)21(26)14-23-12-10-20(25)18-3-1-2-4-19(18)23/h1-8,10,12,16H,9,11,13-14H2/t16-/m1/s1. The van der Waals surface area contributed by atoms with Gasteiger partial charge in [-0.1, -0.05) is 24.3 Å². The summed E-state index contributed by atoms with van der Waals surface area (Å²) in [7, 11) is 0. The predicted molar refractivity (Wildman–Crippen MR) is 98.5 cm³/mol. The second kappa shape index (κ2) is 6.75. The molecule has 1 amide bonds. The number of pyridine rings is 1. The number of carbonyl (C=O) groups excluding carboxylic acids is 1. The van der Waals surface area contributed by atoms with Crippen LogP contribution in [0, 0.1) is 5.82 Å². The lowest BCUT2D eigenvalue weighted by Gasteiger charge is -2.18. The lowest BCUT2D eigenvalue weighted by atomic mass is 9.99. The van der Waals surface area contributed by atoms with Crippen LogP contribution in [0.3, 0.4) is 0 Å². The third-order valence-electron chi connectivity index (χ3n) is 5.07. The zero-order valence-corrected chi connectivity index (χ0v) is 14.3. The number of fused-ring (bicyclic) bond motifs is 1. The van der Waals surface area contributed by atoms with Gasteiger partial charge in [-0.15, -0.1) is 0 Å². The first-order chi connectivity index (χ1) is 12.6. The van der Waals surface area contributed by atoms with Gasteiger partial charge in [-0.2, -0.15) is 0 Å². The summed E-state index contributed by atoms with van der Waals surface area (Å²) in [4.78, 5) is 26.6. The molecule has 2 heterocycles. The van der Waals surface area contributed by atoms with E-state index in [0.29, 0.717) is 18.5 Å². The number of likely N-dealkylation sites (tertiary alicyclic amines) is 1. The summed E-state index contributed by atoms with van der Waals surface area (Å²) in [5.74, 6) is 0.0264. The Morgan fingerprint density at radius 1 is 1.08 bits per heavy atom. The maximum Gasteiger partial charge on any atom is 0.242 e. The minimum Gasteiger partial charge on any atom is -0.341 e. The van der Waals surface area contributed by atoms with E-state index in [-0.39, 0.29) is 29.6 Å². The van der Waals surface area contributed by atoms with Crippen LogP contribution in [0.15, 0.2) is 65.6 Å². The zero-order chi connectivity index (χ0) is 18.1. The molecule has 4 nitrogen and oxygen atoms in total. The highest BCUT2D eigenvalue weighted by Crippen LogP contribution is 2.27. The van der Waals surface area contributed by atoms with Crippen molar-refractivity contribution in [3.05, 3.63) is 82.4 Å². The van der Waals surface area contributed by atoms with Crippen molar-refractivity contribution < 1.29 is 9.18 Å². The zero-order valence-electron chi connectivity index (χ0n) is 14.3. The lowest BCUT2D eigenvalue weighted by Crippen LogP contribution is -2.32. The Morgan fingerprint density at radius 3 is 2.65 bits per heavy atom. The van der Waals surface area contributed by atoms with Gasteiger partial charge in [-0.3, -0.25) is 9.59 Å². The quantitative estimate of drug-likeness (QED) is 0.728. The van der Waals surface area contributed by atoms with E-state index in [0.717, 1.165) is 17.5 Å². The summed E-state index contributed by atoms with van der Waals surface area (Å²) in [6.45, 7) is 1.54. The number of aromatic nitrogens is 1. The Labute approximate surface area is 150 Å². The van der Waals surface area contributed by atoms with Crippen molar-refractivity contribution in [1.82, 2.24) is 9.47 Å². The Bertz CT molecular complexity index is 1010. The number of hydrogen-bond acceptors (Lipinski definition) is 2.